The van der Waals surface area contributed by atoms with Crippen LogP contribution in [0, 0.1) is 5.41 Å². The summed E-state index contributed by atoms with van der Waals surface area (Å²) in [5.74, 6) is 0.318. The first-order valence-electron chi connectivity index (χ1n) is 8.27. The Balaban J connectivity index is 1.58. The molecule has 1 aliphatic heterocycles. The molecule has 23 heavy (non-hydrogen) atoms. The maximum absolute atomic E-state index is 12.6. The van der Waals surface area contributed by atoms with Gasteiger partial charge >= 0.3 is 0 Å². The van der Waals surface area contributed by atoms with Crippen molar-refractivity contribution in [1.29, 1.82) is 0 Å². The number of furan rings is 1. The zero-order valence-corrected chi connectivity index (χ0v) is 13.5. The second kappa shape index (κ2) is 6.74. The predicted octanol–water partition coefficient (Wildman–Crippen LogP) is 1.82. The normalized spacial score (nSPS) is 23.2. The van der Waals surface area contributed by atoms with Crippen LogP contribution in [-0.4, -0.2) is 49.6 Å². The molecule has 0 bridgehead atoms. The van der Waals surface area contributed by atoms with Gasteiger partial charge in [0.15, 0.2) is 5.76 Å². The Bertz CT molecular complexity index is 551. The zero-order valence-electron chi connectivity index (χ0n) is 13.5. The minimum Gasteiger partial charge on any atom is -0.459 e. The quantitative estimate of drug-likeness (QED) is 0.898. The Labute approximate surface area is 136 Å². The van der Waals surface area contributed by atoms with Crippen molar-refractivity contribution in [3.8, 4) is 0 Å². The monoisotopic (exact) mass is 320 g/mol. The largest absolute Gasteiger partial charge is 0.459 e. The van der Waals surface area contributed by atoms with Crippen molar-refractivity contribution in [2.75, 3.05) is 26.8 Å². The van der Waals surface area contributed by atoms with Gasteiger partial charge in [-0.05, 0) is 37.8 Å². The maximum Gasteiger partial charge on any atom is 0.289 e. The maximum atomic E-state index is 12.6. The van der Waals surface area contributed by atoms with Crippen molar-refractivity contribution in [1.82, 2.24) is 10.2 Å². The van der Waals surface area contributed by atoms with E-state index >= 15 is 0 Å². The predicted molar refractivity (Wildman–Crippen MR) is 83.9 cm³/mol. The molecule has 1 saturated heterocycles. The third-order valence-electron chi connectivity index (χ3n) is 4.99. The third kappa shape index (κ3) is 3.27. The van der Waals surface area contributed by atoms with Gasteiger partial charge in [-0.3, -0.25) is 9.59 Å². The van der Waals surface area contributed by atoms with Crippen LogP contribution in [0.15, 0.2) is 22.8 Å². The number of ether oxygens (including phenoxy) is 1. The Kier molecular flexibility index (Phi) is 4.71. The summed E-state index contributed by atoms with van der Waals surface area (Å²) >= 11 is 0. The van der Waals surface area contributed by atoms with Gasteiger partial charge in [0.05, 0.1) is 18.3 Å². The number of nitrogens with zero attached hydrogens (tertiary/aromatic N) is 1. The lowest BCUT2D eigenvalue weighted by Crippen LogP contribution is -2.55. The first-order chi connectivity index (χ1) is 11.1. The van der Waals surface area contributed by atoms with Crippen LogP contribution in [0.25, 0.3) is 0 Å². The number of carbonyl (C=O) groups excluding carboxylic acids is 2. The molecule has 1 aromatic heterocycles. The van der Waals surface area contributed by atoms with Crippen molar-refractivity contribution < 1.29 is 18.7 Å². The number of methoxy groups -OCH3 is 1. The molecule has 0 unspecified atom stereocenters. The minimum atomic E-state index is -0.359. The molecule has 0 spiro atoms. The molecule has 1 saturated carbocycles. The van der Waals surface area contributed by atoms with E-state index in [-0.39, 0.29) is 23.3 Å². The molecule has 1 aliphatic carbocycles. The lowest BCUT2D eigenvalue weighted by molar-refractivity contribution is -0.141. The molecule has 1 N–H and O–H groups in total. The lowest BCUT2D eigenvalue weighted by atomic mass is 9.68. The summed E-state index contributed by atoms with van der Waals surface area (Å²) in [7, 11) is 1.64. The zero-order chi connectivity index (χ0) is 16.3. The van der Waals surface area contributed by atoms with Crippen molar-refractivity contribution in [2.24, 2.45) is 5.41 Å². The Morgan fingerprint density at radius 2 is 2.26 bits per heavy atom. The molecule has 1 aromatic rings. The summed E-state index contributed by atoms with van der Waals surface area (Å²) in [5, 5.41) is 3.13. The smallest absolute Gasteiger partial charge is 0.289 e. The number of nitrogens with one attached hydrogen (secondary N) is 1. The van der Waals surface area contributed by atoms with Crippen molar-refractivity contribution in [2.45, 2.75) is 38.1 Å². The molecular weight excluding hydrogens is 296 g/mol. The molecule has 2 heterocycles. The number of carbonyl (C=O) groups is 2. The Morgan fingerprint density at radius 3 is 2.87 bits per heavy atom. The van der Waals surface area contributed by atoms with Crippen LogP contribution in [0.1, 0.15) is 42.7 Å². The van der Waals surface area contributed by atoms with Gasteiger partial charge in [-0.1, -0.05) is 6.42 Å². The van der Waals surface area contributed by atoms with Gasteiger partial charge < -0.3 is 19.4 Å². The van der Waals surface area contributed by atoms with Crippen LogP contribution in [0.4, 0.5) is 0 Å². The highest BCUT2D eigenvalue weighted by Gasteiger charge is 2.45. The lowest BCUT2D eigenvalue weighted by Gasteiger charge is -2.41. The molecule has 0 aromatic carbocycles. The van der Waals surface area contributed by atoms with E-state index in [1.54, 1.807) is 24.1 Å². The highest BCUT2D eigenvalue weighted by molar-refractivity contribution is 5.91. The molecule has 6 heteroatoms. The number of piperidine rings is 1. The molecule has 6 nitrogen and oxygen atoms in total. The summed E-state index contributed by atoms with van der Waals surface area (Å²) in [6.45, 7) is 1.71. The van der Waals surface area contributed by atoms with E-state index in [9.17, 15) is 9.59 Å². The summed E-state index contributed by atoms with van der Waals surface area (Å²) < 4.78 is 10.4. The number of amides is 2. The minimum absolute atomic E-state index is 0.00416. The van der Waals surface area contributed by atoms with Crippen LogP contribution in [0.3, 0.4) is 0 Å². The fraction of sp³-hybridized carbons (Fsp3) is 0.647. The Morgan fingerprint density at radius 1 is 1.43 bits per heavy atom. The molecule has 126 valence electrons. The first-order valence-corrected chi connectivity index (χ1v) is 8.27. The van der Waals surface area contributed by atoms with Crippen molar-refractivity contribution >= 4 is 11.8 Å². The summed E-state index contributed by atoms with van der Waals surface area (Å²) in [5.41, 5.74) is -0.359. The molecule has 0 radical (unpaired) electrons. The summed E-state index contributed by atoms with van der Waals surface area (Å²) in [4.78, 5) is 26.7. The van der Waals surface area contributed by atoms with Crippen LogP contribution in [-0.2, 0) is 9.53 Å². The van der Waals surface area contributed by atoms with Crippen LogP contribution < -0.4 is 5.32 Å². The van der Waals surface area contributed by atoms with E-state index < -0.39 is 0 Å². The second-order valence-corrected chi connectivity index (χ2v) is 6.61. The standard InChI is InChI=1S/C17H24N2O4/c1-22-12-17(7-4-8-17)16(21)18-13-5-2-9-19(11-13)15(20)14-6-3-10-23-14/h3,6,10,13H,2,4-5,7-9,11-12H2,1H3,(H,18,21)/t13-/m0/s1. The van der Waals surface area contributed by atoms with E-state index in [0.29, 0.717) is 25.5 Å². The van der Waals surface area contributed by atoms with Crippen LogP contribution in [0.2, 0.25) is 0 Å². The summed E-state index contributed by atoms with van der Waals surface area (Å²) in [6, 6.07) is 3.39. The van der Waals surface area contributed by atoms with Gasteiger partial charge in [0.1, 0.15) is 0 Å². The average Bonchev–Trinajstić information content (AvgIpc) is 3.04. The van der Waals surface area contributed by atoms with E-state index in [0.717, 1.165) is 32.1 Å². The van der Waals surface area contributed by atoms with Gasteiger partial charge in [-0.25, -0.2) is 0 Å². The fourth-order valence-electron chi connectivity index (χ4n) is 3.49. The topological polar surface area (TPSA) is 71.8 Å². The molecular formula is C17H24N2O4. The molecule has 2 amide bonds. The number of likely N-dealkylation sites (tertiary alicyclic amines) is 1. The van der Waals surface area contributed by atoms with E-state index in [4.69, 9.17) is 9.15 Å². The van der Waals surface area contributed by atoms with Gasteiger partial charge in [-0.15, -0.1) is 0 Å². The average molecular weight is 320 g/mol. The molecule has 1 atom stereocenters. The van der Waals surface area contributed by atoms with E-state index in [2.05, 4.69) is 5.32 Å². The van der Waals surface area contributed by atoms with E-state index in [1.165, 1.54) is 6.26 Å². The molecule has 2 aliphatic rings. The van der Waals surface area contributed by atoms with Gasteiger partial charge in [0.2, 0.25) is 5.91 Å². The van der Waals surface area contributed by atoms with Crippen LogP contribution >= 0.6 is 0 Å². The van der Waals surface area contributed by atoms with Crippen molar-refractivity contribution in [3.05, 3.63) is 24.2 Å². The second-order valence-electron chi connectivity index (χ2n) is 6.61. The Hall–Kier alpha value is -1.82. The number of hydrogen-bond acceptors (Lipinski definition) is 4. The van der Waals surface area contributed by atoms with E-state index in [1.807, 2.05) is 0 Å². The fourth-order valence-corrected chi connectivity index (χ4v) is 3.49. The third-order valence-corrected chi connectivity index (χ3v) is 4.99. The SMILES string of the molecule is COCC1(C(=O)N[C@H]2CCCN(C(=O)c3ccco3)C2)CCC1. The number of hydrogen-bond donors (Lipinski definition) is 1. The molecule has 3 rings (SSSR count). The van der Waals surface area contributed by atoms with Crippen molar-refractivity contribution in [3.63, 3.8) is 0 Å². The molecule has 2 fully saturated rings. The summed E-state index contributed by atoms with van der Waals surface area (Å²) in [6.07, 6.45) is 6.13. The highest BCUT2D eigenvalue weighted by atomic mass is 16.5. The van der Waals surface area contributed by atoms with Gasteiger partial charge in [0, 0.05) is 26.2 Å². The number of rotatable bonds is 5. The van der Waals surface area contributed by atoms with Crippen LogP contribution in [0.5, 0.6) is 0 Å². The first kappa shape index (κ1) is 16.1. The highest BCUT2D eigenvalue weighted by Crippen LogP contribution is 2.41. The van der Waals surface area contributed by atoms with Gasteiger partial charge in [0.25, 0.3) is 5.91 Å². The van der Waals surface area contributed by atoms with Gasteiger partial charge in [-0.2, -0.15) is 0 Å².